The van der Waals surface area contributed by atoms with Crippen LogP contribution in [-0.4, -0.2) is 87.9 Å². The van der Waals surface area contributed by atoms with E-state index in [1.165, 1.54) is 0 Å². The molecule has 0 radical (unpaired) electrons. The quantitative estimate of drug-likeness (QED) is 0.800. The third kappa shape index (κ3) is 3.67. The zero-order valence-corrected chi connectivity index (χ0v) is 16.1. The molecule has 0 aromatic carbocycles. The number of ether oxygens (including phenoxy) is 1. The highest BCUT2D eigenvalue weighted by atomic mass is 16.5. The first-order valence-electron chi connectivity index (χ1n) is 9.62. The zero-order valence-electron chi connectivity index (χ0n) is 16.1. The molecule has 2 aliphatic heterocycles. The molecule has 8 nitrogen and oxygen atoms in total. The number of fused-ring (bicyclic) bond motifs is 1. The van der Waals surface area contributed by atoms with Gasteiger partial charge in [0.2, 0.25) is 0 Å². The predicted octanol–water partition coefficient (Wildman–Crippen LogP) is 0.795. The van der Waals surface area contributed by atoms with Gasteiger partial charge in [0, 0.05) is 57.1 Å². The van der Waals surface area contributed by atoms with E-state index in [-0.39, 0.29) is 0 Å². The second-order valence-corrected chi connectivity index (χ2v) is 7.50. The SMILES string of the molecule is Cc1cc(N2CCOCC2)n2nc(CN3CCN(C(C)C)CC3)nc2n1. The lowest BCUT2D eigenvalue weighted by molar-refractivity contribution is 0.102. The topological polar surface area (TPSA) is 62.0 Å². The fraction of sp³-hybridized carbons (Fsp3) is 0.722. The van der Waals surface area contributed by atoms with E-state index >= 15 is 0 Å². The third-order valence-corrected chi connectivity index (χ3v) is 5.30. The molecule has 0 atom stereocenters. The largest absolute Gasteiger partial charge is 0.378 e. The summed E-state index contributed by atoms with van der Waals surface area (Å²) in [6.45, 7) is 15.0. The summed E-state index contributed by atoms with van der Waals surface area (Å²) in [6, 6.07) is 2.71. The minimum absolute atomic E-state index is 0.619. The van der Waals surface area contributed by atoms with Crippen molar-refractivity contribution in [1.29, 1.82) is 0 Å². The summed E-state index contributed by atoms with van der Waals surface area (Å²) in [5, 5.41) is 4.78. The average Bonchev–Trinajstić information content (AvgIpc) is 3.04. The van der Waals surface area contributed by atoms with Crippen molar-refractivity contribution in [3.8, 4) is 0 Å². The highest BCUT2D eigenvalue weighted by Crippen LogP contribution is 2.18. The fourth-order valence-electron chi connectivity index (χ4n) is 3.73. The summed E-state index contributed by atoms with van der Waals surface area (Å²) >= 11 is 0. The molecular formula is C18H29N7O. The van der Waals surface area contributed by atoms with Crippen molar-refractivity contribution in [2.24, 2.45) is 0 Å². The van der Waals surface area contributed by atoms with E-state index in [0.717, 1.165) is 76.4 Å². The van der Waals surface area contributed by atoms with Gasteiger partial charge < -0.3 is 9.64 Å². The summed E-state index contributed by atoms with van der Waals surface area (Å²) in [4.78, 5) is 16.6. The maximum absolute atomic E-state index is 5.48. The number of anilines is 1. The maximum Gasteiger partial charge on any atom is 0.254 e. The first-order chi connectivity index (χ1) is 12.6. The van der Waals surface area contributed by atoms with Gasteiger partial charge in [-0.15, -0.1) is 5.10 Å². The van der Waals surface area contributed by atoms with Gasteiger partial charge in [-0.3, -0.25) is 9.80 Å². The van der Waals surface area contributed by atoms with Crippen LogP contribution in [0.1, 0.15) is 25.4 Å². The van der Waals surface area contributed by atoms with Crippen molar-refractivity contribution in [3.05, 3.63) is 17.6 Å². The van der Waals surface area contributed by atoms with Crippen LogP contribution in [0.25, 0.3) is 5.78 Å². The summed E-state index contributed by atoms with van der Waals surface area (Å²) in [5.41, 5.74) is 0.975. The van der Waals surface area contributed by atoms with E-state index in [4.69, 9.17) is 14.8 Å². The molecule has 0 aliphatic carbocycles. The Balaban J connectivity index is 1.52. The van der Waals surface area contributed by atoms with Gasteiger partial charge >= 0.3 is 0 Å². The summed E-state index contributed by atoms with van der Waals surface area (Å²) in [5.74, 6) is 2.62. The van der Waals surface area contributed by atoms with Gasteiger partial charge in [-0.1, -0.05) is 0 Å². The molecule has 2 aromatic rings. The van der Waals surface area contributed by atoms with Crippen LogP contribution in [0.3, 0.4) is 0 Å². The van der Waals surface area contributed by atoms with Crippen LogP contribution in [0, 0.1) is 6.92 Å². The zero-order chi connectivity index (χ0) is 18.1. The van der Waals surface area contributed by atoms with Crippen molar-refractivity contribution in [2.45, 2.75) is 33.4 Å². The molecule has 0 spiro atoms. The minimum atomic E-state index is 0.619. The Hall–Kier alpha value is -1.77. The number of aryl methyl sites for hydroxylation is 1. The highest BCUT2D eigenvalue weighted by Gasteiger charge is 2.22. The van der Waals surface area contributed by atoms with Crippen LogP contribution >= 0.6 is 0 Å². The first kappa shape index (κ1) is 17.6. The van der Waals surface area contributed by atoms with Crippen molar-refractivity contribution >= 4 is 11.6 Å². The lowest BCUT2D eigenvalue weighted by Gasteiger charge is -2.36. The van der Waals surface area contributed by atoms with Crippen molar-refractivity contribution < 1.29 is 4.74 Å². The summed E-state index contributed by atoms with van der Waals surface area (Å²) in [7, 11) is 0. The van der Waals surface area contributed by atoms with E-state index < -0.39 is 0 Å². The van der Waals surface area contributed by atoms with E-state index in [0.29, 0.717) is 11.8 Å². The molecule has 142 valence electrons. The molecule has 2 saturated heterocycles. The summed E-state index contributed by atoms with van der Waals surface area (Å²) < 4.78 is 7.38. The molecular weight excluding hydrogens is 330 g/mol. The number of piperazine rings is 1. The number of hydrogen-bond acceptors (Lipinski definition) is 7. The molecule has 2 aromatic heterocycles. The molecule has 0 N–H and O–H groups in total. The number of morpholine rings is 1. The van der Waals surface area contributed by atoms with Crippen LogP contribution in [0.4, 0.5) is 5.82 Å². The number of rotatable bonds is 4. The molecule has 2 aliphatic rings. The third-order valence-electron chi connectivity index (χ3n) is 5.30. The molecule has 26 heavy (non-hydrogen) atoms. The van der Waals surface area contributed by atoms with Gasteiger partial charge in [-0.25, -0.2) is 4.98 Å². The smallest absolute Gasteiger partial charge is 0.254 e. The van der Waals surface area contributed by atoms with Gasteiger partial charge in [0.05, 0.1) is 19.8 Å². The Labute approximate surface area is 154 Å². The second kappa shape index (κ2) is 7.46. The lowest BCUT2D eigenvalue weighted by Crippen LogP contribution is -2.48. The standard InChI is InChI=1S/C18H29N7O/c1-14(2)23-6-4-22(5-7-23)13-16-20-18-19-15(3)12-17(25(18)21-16)24-8-10-26-11-9-24/h12,14H,4-11,13H2,1-3H3. The lowest BCUT2D eigenvalue weighted by atomic mass is 10.2. The molecule has 4 rings (SSSR count). The van der Waals surface area contributed by atoms with Gasteiger partial charge in [0.25, 0.3) is 5.78 Å². The van der Waals surface area contributed by atoms with Gasteiger partial charge in [0.15, 0.2) is 5.82 Å². The average molecular weight is 359 g/mol. The van der Waals surface area contributed by atoms with Crippen LogP contribution in [-0.2, 0) is 11.3 Å². The monoisotopic (exact) mass is 359 g/mol. The Kier molecular flexibility index (Phi) is 5.06. The van der Waals surface area contributed by atoms with Crippen molar-refractivity contribution in [1.82, 2.24) is 29.4 Å². The van der Waals surface area contributed by atoms with Crippen LogP contribution in [0.5, 0.6) is 0 Å². The maximum atomic E-state index is 5.48. The first-order valence-corrected chi connectivity index (χ1v) is 9.62. The Bertz CT molecular complexity index is 745. The highest BCUT2D eigenvalue weighted by molar-refractivity contribution is 5.47. The number of hydrogen-bond donors (Lipinski definition) is 0. The molecule has 0 bridgehead atoms. The second-order valence-electron chi connectivity index (χ2n) is 7.50. The van der Waals surface area contributed by atoms with E-state index in [1.807, 2.05) is 11.4 Å². The van der Waals surface area contributed by atoms with Gasteiger partial charge in [0.1, 0.15) is 5.82 Å². The minimum Gasteiger partial charge on any atom is -0.378 e. The van der Waals surface area contributed by atoms with Gasteiger partial charge in [-0.2, -0.15) is 9.50 Å². The van der Waals surface area contributed by atoms with Gasteiger partial charge in [-0.05, 0) is 20.8 Å². The number of nitrogens with zero attached hydrogens (tertiary/aromatic N) is 7. The Morgan fingerprint density at radius 1 is 1.04 bits per heavy atom. The number of aromatic nitrogens is 4. The van der Waals surface area contributed by atoms with Crippen molar-refractivity contribution in [2.75, 3.05) is 57.4 Å². The Morgan fingerprint density at radius 2 is 1.77 bits per heavy atom. The Morgan fingerprint density at radius 3 is 2.46 bits per heavy atom. The van der Waals surface area contributed by atoms with Crippen molar-refractivity contribution in [3.63, 3.8) is 0 Å². The molecule has 2 fully saturated rings. The van der Waals surface area contributed by atoms with E-state index in [2.05, 4.69) is 39.6 Å². The van der Waals surface area contributed by atoms with Crippen LogP contribution in [0.2, 0.25) is 0 Å². The summed E-state index contributed by atoms with van der Waals surface area (Å²) in [6.07, 6.45) is 0. The molecule has 0 unspecified atom stereocenters. The molecule has 0 saturated carbocycles. The van der Waals surface area contributed by atoms with Crippen LogP contribution < -0.4 is 4.90 Å². The molecule has 4 heterocycles. The van der Waals surface area contributed by atoms with Crippen LogP contribution in [0.15, 0.2) is 6.07 Å². The normalized spacial score (nSPS) is 20.4. The molecule has 8 heteroatoms. The molecule has 0 amide bonds. The predicted molar refractivity (Wildman–Crippen MR) is 101 cm³/mol. The fourth-order valence-corrected chi connectivity index (χ4v) is 3.73. The van der Waals surface area contributed by atoms with E-state index in [1.54, 1.807) is 0 Å². The van der Waals surface area contributed by atoms with E-state index in [9.17, 15) is 0 Å².